The summed E-state index contributed by atoms with van der Waals surface area (Å²) < 4.78 is 6.25. The highest BCUT2D eigenvalue weighted by Crippen LogP contribution is 2.40. The molecule has 1 aliphatic heterocycles. The summed E-state index contributed by atoms with van der Waals surface area (Å²) in [6.45, 7) is 9.54. The number of halogens is 1. The van der Waals surface area contributed by atoms with E-state index >= 15 is 0 Å². The number of rotatable bonds is 6. The Morgan fingerprint density at radius 1 is 1.55 bits per heavy atom. The van der Waals surface area contributed by atoms with Crippen LogP contribution in [-0.4, -0.2) is 54.7 Å². The number of phenols is 1. The monoisotopic (exact) mass is 368 g/mol. The number of benzene rings is 1. The zero-order chi connectivity index (χ0) is 16.3. The minimum absolute atomic E-state index is 0.190. The van der Waals surface area contributed by atoms with Gasteiger partial charge in [-0.3, -0.25) is 4.90 Å². The number of hydrogen-bond acceptors (Lipinski definition) is 4. The van der Waals surface area contributed by atoms with Crippen molar-refractivity contribution in [3.05, 3.63) is 28.7 Å². The number of aromatic hydroxyl groups is 1. The molecule has 122 valence electrons. The van der Waals surface area contributed by atoms with E-state index in [1.165, 1.54) is 19.4 Å². The molecule has 1 aliphatic rings. The van der Waals surface area contributed by atoms with Gasteiger partial charge in [0.25, 0.3) is 0 Å². The van der Waals surface area contributed by atoms with Crippen LogP contribution in [0.1, 0.15) is 25.3 Å². The zero-order valence-electron chi connectivity index (χ0n) is 13.6. The first-order valence-corrected chi connectivity index (χ1v) is 8.48. The Labute approximate surface area is 141 Å². The molecule has 0 bridgehead atoms. The largest absolute Gasteiger partial charge is 0.507 e. The summed E-state index contributed by atoms with van der Waals surface area (Å²) in [4.78, 5) is 4.62. The van der Waals surface area contributed by atoms with Crippen LogP contribution in [0.5, 0.6) is 11.5 Å². The SMILES string of the molecule is C=C(c1c(O)ccc(Br)c1OC)N(C)CC1CCCN1CC. The fourth-order valence-corrected chi connectivity index (χ4v) is 3.65. The summed E-state index contributed by atoms with van der Waals surface area (Å²) in [6, 6.07) is 3.99. The van der Waals surface area contributed by atoms with Gasteiger partial charge in [-0.2, -0.15) is 0 Å². The van der Waals surface area contributed by atoms with Crippen LogP contribution in [0.2, 0.25) is 0 Å². The Balaban J connectivity index is 2.19. The molecule has 0 radical (unpaired) electrons. The summed E-state index contributed by atoms with van der Waals surface area (Å²) in [7, 11) is 3.63. The third kappa shape index (κ3) is 3.41. The second-order valence-electron chi connectivity index (χ2n) is 5.73. The molecule has 5 heteroatoms. The molecule has 1 aromatic rings. The maximum absolute atomic E-state index is 10.2. The van der Waals surface area contributed by atoms with Gasteiger partial charge in [-0.25, -0.2) is 0 Å². The van der Waals surface area contributed by atoms with Gasteiger partial charge in [0.2, 0.25) is 0 Å². The lowest BCUT2D eigenvalue weighted by atomic mass is 10.1. The van der Waals surface area contributed by atoms with Crippen LogP contribution in [0.4, 0.5) is 0 Å². The van der Waals surface area contributed by atoms with Gasteiger partial charge < -0.3 is 14.7 Å². The molecule has 0 aliphatic carbocycles. The van der Waals surface area contributed by atoms with E-state index in [-0.39, 0.29) is 5.75 Å². The minimum Gasteiger partial charge on any atom is -0.507 e. The lowest BCUT2D eigenvalue weighted by molar-refractivity contribution is 0.230. The summed E-state index contributed by atoms with van der Waals surface area (Å²) in [6.07, 6.45) is 2.47. The van der Waals surface area contributed by atoms with Crippen molar-refractivity contribution in [3.63, 3.8) is 0 Å². The summed E-state index contributed by atoms with van der Waals surface area (Å²) in [5, 5.41) is 10.2. The fourth-order valence-electron chi connectivity index (χ4n) is 3.16. The number of hydrogen-bond donors (Lipinski definition) is 1. The number of methoxy groups -OCH3 is 1. The Morgan fingerprint density at radius 3 is 2.91 bits per heavy atom. The van der Waals surface area contributed by atoms with Crippen LogP contribution in [0.3, 0.4) is 0 Å². The highest BCUT2D eigenvalue weighted by Gasteiger charge is 2.26. The number of likely N-dealkylation sites (N-methyl/N-ethyl adjacent to an activating group) is 2. The van der Waals surface area contributed by atoms with Crippen molar-refractivity contribution in [3.8, 4) is 11.5 Å². The van der Waals surface area contributed by atoms with E-state index in [2.05, 4.69) is 39.2 Å². The molecule has 1 N–H and O–H groups in total. The van der Waals surface area contributed by atoms with Gasteiger partial charge in [0.05, 0.1) is 17.1 Å². The molecule has 1 atom stereocenters. The second kappa shape index (κ2) is 7.38. The van der Waals surface area contributed by atoms with Gasteiger partial charge in [0, 0.05) is 25.3 Å². The van der Waals surface area contributed by atoms with Crippen LogP contribution in [-0.2, 0) is 0 Å². The molecule has 0 spiro atoms. The summed E-state index contributed by atoms with van der Waals surface area (Å²) >= 11 is 3.46. The molecule has 1 heterocycles. The lowest BCUT2D eigenvalue weighted by Gasteiger charge is -2.30. The van der Waals surface area contributed by atoms with E-state index in [1.807, 2.05) is 7.05 Å². The molecular weight excluding hydrogens is 344 g/mol. The van der Waals surface area contributed by atoms with Gasteiger partial charge in [-0.15, -0.1) is 0 Å². The Bertz CT molecular complexity index is 548. The number of ether oxygens (including phenoxy) is 1. The Kier molecular flexibility index (Phi) is 5.75. The van der Waals surface area contributed by atoms with Crippen molar-refractivity contribution in [1.82, 2.24) is 9.80 Å². The predicted molar refractivity (Wildman–Crippen MR) is 94.3 cm³/mol. The topological polar surface area (TPSA) is 35.9 Å². The quantitative estimate of drug-likeness (QED) is 0.832. The van der Waals surface area contributed by atoms with Crippen molar-refractivity contribution < 1.29 is 9.84 Å². The van der Waals surface area contributed by atoms with E-state index in [0.29, 0.717) is 17.4 Å². The molecule has 0 saturated carbocycles. The van der Waals surface area contributed by atoms with Gasteiger partial charge >= 0.3 is 0 Å². The third-order valence-corrected chi connectivity index (χ3v) is 5.06. The zero-order valence-corrected chi connectivity index (χ0v) is 15.2. The fraction of sp³-hybridized carbons (Fsp3) is 0.529. The second-order valence-corrected chi connectivity index (χ2v) is 6.58. The molecule has 0 aromatic heterocycles. The number of phenolic OH excluding ortho intramolecular Hbond substituents is 1. The highest BCUT2D eigenvalue weighted by molar-refractivity contribution is 9.10. The van der Waals surface area contributed by atoms with Crippen LogP contribution in [0, 0.1) is 0 Å². The third-order valence-electron chi connectivity index (χ3n) is 4.43. The average molecular weight is 369 g/mol. The molecule has 1 unspecified atom stereocenters. The Morgan fingerprint density at radius 2 is 2.27 bits per heavy atom. The van der Waals surface area contributed by atoms with Crippen molar-refractivity contribution >= 4 is 21.6 Å². The summed E-state index contributed by atoms with van der Waals surface area (Å²) in [5.74, 6) is 0.811. The first kappa shape index (κ1) is 17.2. The number of likely N-dealkylation sites (tertiary alicyclic amines) is 1. The lowest BCUT2D eigenvalue weighted by Crippen LogP contribution is -2.38. The summed E-state index contributed by atoms with van der Waals surface area (Å²) in [5.41, 5.74) is 1.43. The first-order valence-electron chi connectivity index (χ1n) is 7.69. The molecule has 4 nitrogen and oxygen atoms in total. The van der Waals surface area contributed by atoms with Crippen molar-refractivity contribution in [1.29, 1.82) is 0 Å². The minimum atomic E-state index is 0.190. The van der Waals surface area contributed by atoms with Crippen LogP contribution in [0.15, 0.2) is 23.2 Å². The first-order chi connectivity index (χ1) is 10.5. The van der Waals surface area contributed by atoms with E-state index in [0.717, 1.165) is 23.3 Å². The maximum atomic E-state index is 10.2. The van der Waals surface area contributed by atoms with Crippen LogP contribution >= 0.6 is 15.9 Å². The van der Waals surface area contributed by atoms with E-state index in [9.17, 15) is 5.11 Å². The van der Waals surface area contributed by atoms with E-state index in [1.54, 1.807) is 19.2 Å². The van der Waals surface area contributed by atoms with Gasteiger partial charge in [0.1, 0.15) is 11.5 Å². The van der Waals surface area contributed by atoms with Crippen molar-refractivity contribution in [2.75, 3.05) is 33.8 Å². The molecule has 1 fully saturated rings. The maximum Gasteiger partial charge on any atom is 0.146 e. The Hall–Kier alpha value is -1.20. The van der Waals surface area contributed by atoms with Gasteiger partial charge in [0.15, 0.2) is 0 Å². The molecule has 2 rings (SSSR count). The predicted octanol–water partition coefficient (Wildman–Crippen LogP) is 3.55. The van der Waals surface area contributed by atoms with Crippen LogP contribution < -0.4 is 4.74 Å². The average Bonchev–Trinajstić information content (AvgIpc) is 2.95. The highest BCUT2D eigenvalue weighted by atomic mass is 79.9. The van der Waals surface area contributed by atoms with Gasteiger partial charge in [-0.05, 0) is 54.0 Å². The molecule has 1 saturated heterocycles. The van der Waals surface area contributed by atoms with E-state index < -0.39 is 0 Å². The molecule has 22 heavy (non-hydrogen) atoms. The smallest absolute Gasteiger partial charge is 0.146 e. The van der Waals surface area contributed by atoms with Crippen molar-refractivity contribution in [2.45, 2.75) is 25.8 Å². The van der Waals surface area contributed by atoms with Crippen LogP contribution in [0.25, 0.3) is 5.70 Å². The van der Waals surface area contributed by atoms with Gasteiger partial charge in [-0.1, -0.05) is 13.5 Å². The molecular formula is C17H25BrN2O2. The number of nitrogens with zero attached hydrogens (tertiary/aromatic N) is 2. The standard InChI is InChI=1S/C17H25BrN2O2/c1-5-20-10-6-7-13(20)11-19(3)12(2)16-15(21)9-8-14(18)17(16)22-4/h8-9,13,21H,2,5-7,10-11H2,1,3-4H3. The van der Waals surface area contributed by atoms with Crippen molar-refractivity contribution in [2.24, 2.45) is 0 Å². The molecule has 0 amide bonds. The molecule has 1 aromatic carbocycles. The normalized spacial score (nSPS) is 18.5. The van der Waals surface area contributed by atoms with E-state index in [4.69, 9.17) is 4.74 Å².